The maximum Gasteiger partial charge on any atom is 0.257 e. The van der Waals surface area contributed by atoms with Gasteiger partial charge in [-0.25, -0.2) is 0 Å². The minimum Gasteiger partial charge on any atom is -0.472 e. The molecule has 2 fully saturated rings. The number of rotatable bonds is 5. The van der Waals surface area contributed by atoms with Crippen LogP contribution >= 0.6 is 0 Å². The number of carbonyl (C=O) groups excluding carboxylic acids is 1. The van der Waals surface area contributed by atoms with Crippen LogP contribution in [0.5, 0.6) is 0 Å². The number of hydrogen-bond donors (Lipinski definition) is 0. The molecule has 0 aromatic carbocycles. The predicted octanol–water partition coefficient (Wildman–Crippen LogP) is 2.51. The van der Waals surface area contributed by atoms with E-state index in [1.807, 2.05) is 23.2 Å². The van der Waals surface area contributed by atoms with Gasteiger partial charge in [-0.2, -0.15) is 0 Å². The molecule has 0 radical (unpaired) electrons. The highest BCUT2D eigenvalue weighted by molar-refractivity contribution is 5.94. The fourth-order valence-electron chi connectivity index (χ4n) is 3.82. The summed E-state index contributed by atoms with van der Waals surface area (Å²) in [6, 6.07) is 5.77. The summed E-state index contributed by atoms with van der Waals surface area (Å²) in [6.45, 7) is 2.47. The van der Waals surface area contributed by atoms with E-state index in [1.165, 1.54) is 12.5 Å². The highest BCUT2D eigenvalue weighted by Gasteiger charge is 2.43. The zero-order valence-electron chi connectivity index (χ0n) is 14.0. The summed E-state index contributed by atoms with van der Waals surface area (Å²) in [5.41, 5.74) is 1.68. The summed E-state index contributed by atoms with van der Waals surface area (Å²) in [6.07, 6.45) is 8.59. The largest absolute Gasteiger partial charge is 0.472 e. The average Bonchev–Trinajstić information content (AvgIpc) is 3.31. The number of carbonyl (C=O) groups is 1. The first-order valence-corrected chi connectivity index (χ1v) is 8.72. The lowest BCUT2D eigenvalue weighted by atomic mass is 10.1. The van der Waals surface area contributed by atoms with Gasteiger partial charge >= 0.3 is 0 Å². The monoisotopic (exact) mass is 342 g/mol. The van der Waals surface area contributed by atoms with Crippen LogP contribution in [-0.4, -0.2) is 47.7 Å². The number of amides is 1. The standard InChI is InChI=1S/C19H22N2O4/c22-19(16-3-6-23-13-16)21-5-7-25-18-9-15(8-17(18)21)12-24-11-14-2-1-4-20-10-14/h1-4,6,10,13,15,17-18H,5,7-9,11-12H2/t15-,17+,18-/m1/s1. The third-order valence-corrected chi connectivity index (χ3v) is 5.01. The first-order valence-electron chi connectivity index (χ1n) is 8.72. The van der Waals surface area contributed by atoms with E-state index >= 15 is 0 Å². The molecule has 1 saturated carbocycles. The van der Waals surface area contributed by atoms with E-state index in [0.717, 1.165) is 18.4 Å². The van der Waals surface area contributed by atoms with E-state index < -0.39 is 0 Å². The molecule has 0 unspecified atom stereocenters. The molecule has 0 N–H and O–H groups in total. The van der Waals surface area contributed by atoms with Crippen molar-refractivity contribution in [1.82, 2.24) is 9.88 Å². The maximum atomic E-state index is 12.7. The fourth-order valence-corrected chi connectivity index (χ4v) is 3.82. The van der Waals surface area contributed by atoms with Crippen molar-refractivity contribution in [3.8, 4) is 0 Å². The van der Waals surface area contributed by atoms with Gasteiger partial charge in [0, 0.05) is 18.9 Å². The molecule has 3 atom stereocenters. The van der Waals surface area contributed by atoms with Crippen molar-refractivity contribution in [2.75, 3.05) is 19.8 Å². The van der Waals surface area contributed by atoms with Gasteiger partial charge in [0.05, 0.1) is 43.8 Å². The molecular weight excluding hydrogens is 320 g/mol. The molecule has 2 aromatic rings. The van der Waals surface area contributed by atoms with E-state index in [9.17, 15) is 4.79 Å². The molecule has 132 valence electrons. The zero-order chi connectivity index (χ0) is 17.1. The molecule has 1 saturated heterocycles. The minimum absolute atomic E-state index is 0.0315. The van der Waals surface area contributed by atoms with Crippen molar-refractivity contribution in [1.29, 1.82) is 0 Å². The lowest BCUT2D eigenvalue weighted by Crippen LogP contribution is -2.51. The second-order valence-corrected chi connectivity index (χ2v) is 6.70. The highest BCUT2D eigenvalue weighted by atomic mass is 16.5. The van der Waals surface area contributed by atoms with Crippen molar-refractivity contribution in [3.63, 3.8) is 0 Å². The van der Waals surface area contributed by atoms with Gasteiger partial charge < -0.3 is 18.8 Å². The molecule has 0 bridgehead atoms. The third kappa shape index (κ3) is 3.60. The smallest absolute Gasteiger partial charge is 0.257 e. The molecule has 1 amide bonds. The van der Waals surface area contributed by atoms with Crippen LogP contribution in [-0.2, 0) is 16.1 Å². The van der Waals surface area contributed by atoms with Crippen LogP contribution in [0.3, 0.4) is 0 Å². The van der Waals surface area contributed by atoms with Gasteiger partial charge in [-0.3, -0.25) is 9.78 Å². The fraction of sp³-hybridized carbons (Fsp3) is 0.474. The second kappa shape index (κ2) is 7.37. The number of furan rings is 1. The first-order chi connectivity index (χ1) is 12.3. The number of nitrogens with zero attached hydrogens (tertiary/aromatic N) is 2. The van der Waals surface area contributed by atoms with Gasteiger partial charge in [-0.15, -0.1) is 0 Å². The van der Waals surface area contributed by atoms with E-state index in [4.69, 9.17) is 13.9 Å². The molecular formula is C19H22N2O4. The topological polar surface area (TPSA) is 64.8 Å². The third-order valence-electron chi connectivity index (χ3n) is 5.01. The van der Waals surface area contributed by atoms with Crippen LogP contribution in [0.4, 0.5) is 0 Å². The normalized spacial score (nSPS) is 25.8. The SMILES string of the molecule is O=C(c1ccoc1)N1CCO[C@@H]2C[C@H](COCc3cccnc3)C[C@@H]21. The number of ether oxygens (including phenoxy) is 2. The first kappa shape index (κ1) is 16.3. The Morgan fingerprint density at radius 1 is 1.36 bits per heavy atom. The van der Waals surface area contributed by atoms with E-state index in [0.29, 0.717) is 37.8 Å². The number of hydrogen-bond acceptors (Lipinski definition) is 5. The van der Waals surface area contributed by atoms with Crippen molar-refractivity contribution in [2.24, 2.45) is 5.92 Å². The van der Waals surface area contributed by atoms with Gasteiger partial charge in [-0.05, 0) is 36.5 Å². The van der Waals surface area contributed by atoms with Crippen LogP contribution in [0.1, 0.15) is 28.8 Å². The zero-order valence-corrected chi connectivity index (χ0v) is 14.0. The van der Waals surface area contributed by atoms with Gasteiger partial charge in [0.1, 0.15) is 6.26 Å². The lowest BCUT2D eigenvalue weighted by Gasteiger charge is -2.37. The lowest BCUT2D eigenvalue weighted by molar-refractivity contribution is -0.0450. The number of pyridine rings is 1. The number of fused-ring (bicyclic) bond motifs is 1. The molecule has 4 rings (SSSR count). The summed E-state index contributed by atoms with van der Waals surface area (Å²) < 4.78 is 16.8. The molecule has 6 nitrogen and oxygen atoms in total. The summed E-state index contributed by atoms with van der Waals surface area (Å²) in [7, 11) is 0. The Kier molecular flexibility index (Phi) is 4.81. The Balaban J connectivity index is 1.33. The molecule has 2 aromatic heterocycles. The molecule has 3 heterocycles. The molecule has 2 aliphatic rings. The van der Waals surface area contributed by atoms with Crippen molar-refractivity contribution >= 4 is 5.91 Å². The summed E-state index contributed by atoms with van der Waals surface area (Å²) in [5.74, 6) is 0.438. The van der Waals surface area contributed by atoms with Crippen molar-refractivity contribution in [2.45, 2.75) is 31.6 Å². The molecule has 25 heavy (non-hydrogen) atoms. The second-order valence-electron chi connectivity index (χ2n) is 6.70. The molecule has 1 aliphatic heterocycles. The number of aromatic nitrogens is 1. The molecule has 1 aliphatic carbocycles. The Morgan fingerprint density at radius 3 is 3.12 bits per heavy atom. The van der Waals surface area contributed by atoms with E-state index in [2.05, 4.69) is 4.98 Å². The Labute approximate surface area is 146 Å². The van der Waals surface area contributed by atoms with Crippen molar-refractivity contribution < 1.29 is 18.7 Å². The summed E-state index contributed by atoms with van der Waals surface area (Å²) in [5, 5.41) is 0. The minimum atomic E-state index is 0.0315. The molecule has 6 heteroatoms. The Bertz CT molecular complexity index is 689. The van der Waals surface area contributed by atoms with Crippen LogP contribution in [0.15, 0.2) is 47.5 Å². The van der Waals surface area contributed by atoms with Crippen LogP contribution < -0.4 is 0 Å². The van der Waals surface area contributed by atoms with Crippen molar-refractivity contribution in [3.05, 3.63) is 54.2 Å². The highest BCUT2D eigenvalue weighted by Crippen LogP contribution is 2.35. The van der Waals surface area contributed by atoms with Crippen LogP contribution in [0, 0.1) is 5.92 Å². The predicted molar refractivity (Wildman–Crippen MR) is 89.9 cm³/mol. The Morgan fingerprint density at radius 2 is 2.32 bits per heavy atom. The van der Waals surface area contributed by atoms with Gasteiger partial charge in [0.2, 0.25) is 0 Å². The quantitative estimate of drug-likeness (QED) is 0.835. The number of morpholine rings is 1. The van der Waals surface area contributed by atoms with E-state index in [-0.39, 0.29) is 18.1 Å². The van der Waals surface area contributed by atoms with Crippen LogP contribution in [0.2, 0.25) is 0 Å². The summed E-state index contributed by atoms with van der Waals surface area (Å²) in [4.78, 5) is 18.7. The molecule has 0 spiro atoms. The Hall–Kier alpha value is -2.18. The van der Waals surface area contributed by atoms with Crippen LogP contribution in [0.25, 0.3) is 0 Å². The van der Waals surface area contributed by atoms with Gasteiger partial charge in [0.15, 0.2) is 0 Å². The van der Waals surface area contributed by atoms with E-state index in [1.54, 1.807) is 12.3 Å². The maximum absolute atomic E-state index is 12.7. The van der Waals surface area contributed by atoms with Gasteiger partial charge in [-0.1, -0.05) is 6.07 Å². The summed E-state index contributed by atoms with van der Waals surface area (Å²) >= 11 is 0. The average molecular weight is 342 g/mol. The van der Waals surface area contributed by atoms with Gasteiger partial charge in [0.25, 0.3) is 5.91 Å².